The number of carbonyl (C=O) groups is 1. The number of rotatable bonds is 0. The highest BCUT2D eigenvalue weighted by atomic mass is 16.3. The summed E-state index contributed by atoms with van der Waals surface area (Å²) in [5.41, 5.74) is 0. The molecule has 2 N–H and O–H groups in total. The second kappa shape index (κ2) is 6.55. The minimum absolute atomic E-state index is 0.250. The summed E-state index contributed by atoms with van der Waals surface area (Å²) in [4.78, 5) is 8.36. The fourth-order valence-corrected chi connectivity index (χ4v) is 1.03. The van der Waals surface area contributed by atoms with Crippen molar-refractivity contribution in [1.82, 2.24) is 5.32 Å². The van der Waals surface area contributed by atoms with E-state index in [1.807, 2.05) is 0 Å². The first-order valence-corrected chi connectivity index (χ1v) is 3.62. The molecule has 1 rings (SSSR count). The molecule has 0 aromatic heterocycles. The lowest BCUT2D eigenvalue weighted by Gasteiger charge is -2.18. The van der Waals surface area contributed by atoms with E-state index < -0.39 is 0 Å². The molecule has 1 aliphatic heterocycles. The largest absolute Gasteiger partial charge is 0.483 e. The van der Waals surface area contributed by atoms with Crippen LogP contribution in [0.25, 0.3) is 0 Å². The zero-order valence-electron chi connectivity index (χ0n) is 6.34. The van der Waals surface area contributed by atoms with Crippen LogP contribution in [0, 0.1) is 0 Å². The maximum absolute atomic E-state index is 8.36. The molecule has 0 amide bonds. The Labute approximate surface area is 61.4 Å². The first kappa shape index (κ1) is 9.43. The van der Waals surface area contributed by atoms with Crippen LogP contribution in [-0.2, 0) is 4.79 Å². The SMILES string of the molecule is CC1CCCCN1.O=CO. The molecule has 0 bridgehead atoms. The number of hydrogen-bond donors (Lipinski definition) is 2. The summed E-state index contributed by atoms with van der Waals surface area (Å²) in [5, 5.41) is 10.3. The molecule has 60 valence electrons. The van der Waals surface area contributed by atoms with Crippen LogP contribution in [0.4, 0.5) is 0 Å². The minimum atomic E-state index is -0.250. The van der Waals surface area contributed by atoms with Gasteiger partial charge in [0.1, 0.15) is 0 Å². The van der Waals surface area contributed by atoms with E-state index >= 15 is 0 Å². The predicted octanol–water partition coefficient (Wildman–Crippen LogP) is 0.849. The Morgan fingerprint density at radius 2 is 2.20 bits per heavy atom. The van der Waals surface area contributed by atoms with Crippen LogP contribution < -0.4 is 5.32 Å². The molecule has 1 aliphatic rings. The van der Waals surface area contributed by atoms with E-state index in [0.717, 1.165) is 6.04 Å². The normalized spacial score (nSPS) is 24.3. The standard InChI is InChI=1S/C6H13N.CH2O2/c1-6-4-2-3-5-7-6;2-1-3/h6-7H,2-5H2,1H3;1H,(H,2,3). The molecule has 3 heteroatoms. The van der Waals surface area contributed by atoms with Gasteiger partial charge in [-0.3, -0.25) is 4.79 Å². The van der Waals surface area contributed by atoms with Gasteiger partial charge in [-0.15, -0.1) is 0 Å². The van der Waals surface area contributed by atoms with Crippen LogP contribution in [0.2, 0.25) is 0 Å². The highest BCUT2D eigenvalue weighted by molar-refractivity contribution is 5.32. The second-order valence-corrected chi connectivity index (χ2v) is 2.46. The predicted molar refractivity (Wildman–Crippen MR) is 40.0 cm³/mol. The van der Waals surface area contributed by atoms with E-state index in [-0.39, 0.29) is 6.47 Å². The molecule has 0 saturated carbocycles. The third kappa shape index (κ3) is 5.56. The summed E-state index contributed by atoms with van der Waals surface area (Å²) in [7, 11) is 0. The van der Waals surface area contributed by atoms with E-state index in [1.165, 1.54) is 25.8 Å². The van der Waals surface area contributed by atoms with Gasteiger partial charge >= 0.3 is 0 Å². The number of piperidine rings is 1. The second-order valence-electron chi connectivity index (χ2n) is 2.46. The van der Waals surface area contributed by atoms with E-state index in [1.54, 1.807) is 0 Å². The number of nitrogens with one attached hydrogen (secondary N) is 1. The van der Waals surface area contributed by atoms with Gasteiger partial charge in [0.05, 0.1) is 0 Å². The van der Waals surface area contributed by atoms with Gasteiger partial charge in [0.25, 0.3) is 6.47 Å². The van der Waals surface area contributed by atoms with Crippen LogP contribution in [0.3, 0.4) is 0 Å². The molecule has 0 spiro atoms. The smallest absolute Gasteiger partial charge is 0.290 e. The van der Waals surface area contributed by atoms with Crippen LogP contribution in [0.1, 0.15) is 26.2 Å². The Bertz CT molecular complexity index is 79.7. The van der Waals surface area contributed by atoms with Gasteiger partial charge in [-0.2, -0.15) is 0 Å². The lowest BCUT2D eigenvalue weighted by atomic mass is 10.1. The van der Waals surface area contributed by atoms with Crippen molar-refractivity contribution >= 4 is 6.47 Å². The van der Waals surface area contributed by atoms with Gasteiger partial charge in [-0.25, -0.2) is 0 Å². The monoisotopic (exact) mass is 145 g/mol. The lowest BCUT2D eigenvalue weighted by Crippen LogP contribution is -2.30. The molecule has 1 fully saturated rings. The van der Waals surface area contributed by atoms with Crippen molar-refractivity contribution in [3.63, 3.8) is 0 Å². The molecule has 0 aliphatic carbocycles. The van der Waals surface area contributed by atoms with Gasteiger partial charge in [-0.1, -0.05) is 6.42 Å². The van der Waals surface area contributed by atoms with E-state index in [0.29, 0.717) is 0 Å². The maximum atomic E-state index is 8.36. The van der Waals surface area contributed by atoms with Crippen molar-refractivity contribution in [1.29, 1.82) is 0 Å². The van der Waals surface area contributed by atoms with Crippen LogP contribution >= 0.6 is 0 Å². The summed E-state index contributed by atoms with van der Waals surface area (Å²) in [6, 6.07) is 0.786. The number of hydrogen-bond acceptors (Lipinski definition) is 2. The van der Waals surface area contributed by atoms with Crippen molar-refractivity contribution in [3.8, 4) is 0 Å². The lowest BCUT2D eigenvalue weighted by molar-refractivity contribution is -0.122. The Morgan fingerprint density at radius 1 is 1.60 bits per heavy atom. The molecule has 0 aromatic carbocycles. The first-order chi connectivity index (χ1) is 4.81. The third-order valence-corrected chi connectivity index (χ3v) is 1.56. The van der Waals surface area contributed by atoms with Crippen molar-refractivity contribution in [3.05, 3.63) is 0 Å². The number of carboxylic acid groups (broad SMARTS) is 1. The zero-order chi connectivity index (χ0) is 7.82. The summed E-state index contributed by atoms with van der Waals surface area (Å²) in [6.45, 7) is 3.24. The first-order valence-electron chi connectivity index (χ1n) is 3.62. The summed E-state index contributed by atoms with van der Waals surface area (Å²) in [6.07, 6.45) is 4.18. The Kier molecular flexibility index (Phi) is 6.18. The minimum Gasteiger partial charge on any atom is -0.483 e. The molecule has 1 atom stereocenters. The average Bonchev–Trinajstić information content (AvgIpc) is 1.91. The summed E-state index contributed by atoms with van der Waals surface area (Å²) < 4.78 is 0. The Morgan fingerprint density at radius 3 is 2.40 bits per heavy atom. The highest BCUT2D eigenvalue weighted by Crippen LogP contribution is 2.04. The van der Waals surface area contributed by atoms with Gasteiger partial charge < -0.3 is 10.4 Å². The molecule has 0 aromatic rings. The van der Waals surface area contributed by atoms with E-state index in [2.05, 4.69) is 12.2 Å². The van der Waals surface area contributed by atoms with E-state index in [4.69, 9.17) is 9.90 Å². The van der Waals surface area contributed by atoms with E-state index in [9.17, 15) is 0 Å². The molecule has 1 unspecified atom stereocenters. The van der Waals surface area contributed by atoms with Crippen molar-refractivity contribution in [2.45, 2.75) is 32.2 Å². The molecule has 3 nitrogen and oxygen atoms in total. The highest BCUT2D eigenvalue weighted by Gasteiger charge is 2.04. The molecule has 1 saturated heterocycles. The van der Waals surface area contributed by atoms with Crippen LogP contribution in [0.5, 0.6) is 0 Å². The Balaban J connectivity index is 0.000000236. The average molecular weight is 145 g/mol. The van der Waals surface area contributed by atoms with Gasteiger partial charge in [0.15, 0.2) is 0 Å². The summed E-state index contributed by atoms with van der Waals surface area (Å²) >= 11 is 0. The van der Waals surface area contributed by atoms with Gasteiger partial charge in [0, 0.05) is 6.04 Å². The quantitative estimate of drug-likeness (QED) is 0.497. The van der Waals surface area contributed by atoms with Crippen molar-refractivity contribution < 1.29 is 9.90 Å². The third-order valence-electron chi connectivity index (χ3n) is 1.56. The Hall–Kier alpha value is -0.570. The topological polar surface area (TPSA) is 49.3 Å². The van der Waals surface area contributed by atoms with Crippen LogP contribution in [0.15, 0.2) is 0 Å². The molecular formula is C7H15NO2. The summed E-state index contributed by atoms with van der Waals surface area (Å²) in [5.74, 6) is 0. The molecule has 0 radical (unpaired) electrons. The molecular weight excluding hydrogens is 130 g/mol. The maximum Gasteiger partial charge on any atom is 0.290 e. The van der Waals surface area contributed by atoms with Crippen LogP contribution in [-0.4, -0.2) is 24.2 Å². The fraction of sp³-hybridized carbons (Fsp3) is 0.857. The molecule has 1 heterocycles. The molecule has 10 heavy (non-hydrogen) atoms. The van der Waals surface area contributed by atoms with Crippen molar-refractivity contribution in [2.75, 3.05) is 6.54 Å². The van der Waals surface area contributed by atoms with Crippen molar-refractivity contribution in [2.24, 2.45) is 0 Å². The zero-order valence-corrected chi connectivity index (χ0v) is 6.34. The van der Waals surface area contributed by atoms with Gasteiger partial charge in [0.2, 0.25) is 0 Å². The van der Waals surface area contributed by atoms with Gasteiger partial charge in [-0.05, 0) is 26.3 Å². The fourth-order valence-electron chi connectivity index (χ4n) is 1.03.